The third-order valence-electron chi connectivity index (χ3n) is 5.45. The average molecular weight is 402 g/mol. The molecule has 0 bridgehead atoms. The van der Waals surface area contributed by atoms with Crippen molar-refractivity contribution in [2.75, 3.05) is 39.3 Å². The second-order valence-electron chi connectivity index (χ2n) is 7.27. The van der Waals surface area contributed by atoms with Crippen LogP contribution in [-0.4, -0.2) is 72.3 Å². The molecule has 2 N–H and O–H groups in total. The molecule has 2 fully saturated rings. The highest BCUT2D eigenvalue weighted by Crippen LogP contribution is 2.10. The molecule has 3 heterocycles. The Morgan fingerprint density at radius 2 is 1.21 bits per heavy atom. The minimum Gasteiger partial charge on any atom is -0.446 e. The second-order valence-corrected chi connectivity index (χ2v) is 7.27. The summed E-state index contributed by atoms with van der Waals surface area (Å²) in [4.78, 5) is 29.1. The number of hydrazone groups is 2. The number of piperidine rings is 2. The first-order valence-electron chi connectivity index (χ1n) is 10.3. The number of furan rings is 1. The van der Waals surface area contributed by atoms with E-state index in [0.717, 1.165) is 76.4 Å². The Balaban J connectivity index is 1.48. The molecule has 0 radical (unpaired) electrons. The van der Waals surface area contributed by atoms with Crippen LogP contribution in [0.2, 0.25) is 0 Å². The van der Waals surface area contributed by atoms with Crippen LogP contribution < -0.4 is 10.9 Å². The normalized spacial score (nSPS) is 18.4. The van der Waals surface area contributed by atoms with Crippen LogP contribution in [0.4, 0.5) is 0 Å². The fourth-order valence-electron chi connectivity index (χ4n) is 3.43. The maximum Gasteiger partial charge on any atom is 0.307 e. The summed E-state index contributed by atoms with van der Waals surface area (Å²) in [5.74, 6) is -0.829. The van der Waals surface area contributed by atoms with Gasteiger partial charge in [-0.1, -0.05) is 13.8 Å². The SMILES string of the molecule is CCN1CCC(=NNC(=O)c2ccc(C(=O)NN=C3CCN(CC)CC3)o2)CC1. The Bertz CT molecular complexity index is 702. The van der Waals surface area contributed by atoms with E-state index in [1.807, 2.05) is 0 Å². The zero-order valence-electron chi connectivity index (χ0n) is 17.2. The largest absolute Gasteiger partial charge is 0.446 e. The monoisotopic (exact) mass is 402 g/mol. The molecular formula is C20H30N6O3. The summed E-state index contributed by atoms with van der Waals surface area (Å²) in [7, 11) is 0. The highest BCUT2D eigenvalue weighted by molar-refractivity contribution is 5.97. The topological polar surface area (TPSA) is 103 Å². The van der Waals surface area contributed by atoms with Crippen LogP contribution in [0.3, 0.4) is 0 Å². The van der Waals surface area contributed by atoms with E-state index in [4.69, 9.17) is 4.42 Å². The summed E-state index contributed by atoms with van der Waals surface area (Å²) in [6.45, 7) is 10.1. The Morgan fingerprint density at radius 1 is 0.828 bits per heavy atom. The molecule has 3 rings (SSSR count). The van der Waals surface area contributed by atoms with Crippen molar-refractivity contribution < 1.29 is 14.0 Å². The van der Waals surface area contributed by atoms with E-state index < -0.39 is 11.8 Å². The van der Waals surface area contributed by atoms with Crippen molar-refractivity contribution in [1.82, 2.24) is 20.7 Å². The lowest BCUT2D eigenvalue weighted by Gasteiger charge is -2.25. The molecule has 0 saturated carbocycles. The molecule has 0 atom stereocenters. The minimum absolute atomic E-state index is 0.0504. The highest BCUT2D eigenvalue weighted by atomic mass is 16.4. The molecule has 29 heavy (non-hydrogen) atoms. The molecule has 2 aliphatic heterocycles. The van der Waals surface area contributed by atoms with Gasteiger partial charge in [0.1, 0.15) is 0 Å². The molecule has 0 aromatic carbocycles. The van der Waals surface area contributed by atoms with Gasteiger partial charge in [-0.2, -0.15) is 10.2 Å². The number of amides is 2. The zero-order valence-corrected chi connectivity index (χ0v) is 17.2. The summed E-state index contributed by atoms with van der Waals surface area (Å²) in [6, 6.07) is 2.94. The average Bonchev–Trinajstić information content (AvgIpc) is 3.27. The molecular weight excluding hydrogens is 372 g/mol. The van der Waals surface area contributed by atoms with Gasteiger partial charge in [0.05, 0.1) is 0 Å². The molecule has 1 aromatic rings. The molecule has 2 saturated heterocycles. The van der Waals surface area contributed by atoms with Gasteiger partial charge in [0.15, 0.2) is 11.5 Å². The van der Waals surface area contributed by atoms with Gasteiger partial charge in [-0.3, -0.25) is 9.59 Å². The van der Waals surface area contributed by atoms with Crippen molar-refractivity contribution in [3.05, 3.63) is 23.7 Å². The molecule has 0 aliphatic carbocycles. The number of likely N-dealkylation sites (tertiary alicyclic amines) is 2. The number of nitrogens with zero attached hydrogens (tertiary/aromatic N) is 4. The van der Waals surface area contributed by atoms with Crippen LogP contribution in [0.25, 0.3) is 0 Å². The Hall–Kier alpha value is -2.52. The van der Waals surface area contributed by atoms with Crippen molar-refractivity contribution in [2.24, 2.45) is 10.2 Å². The summed E-state index contributed by atoms with van der Waals surface area (Å²) in [5, 5.41) is 8.39. The van der Waals surface area contributed by atoms with Crippen molar-refractivity contribution in [2.45, 2.75) is 39.5 Å². The maximum atomic E-state index is 12.2. The van der Waals surface area contributed by atoms with E-state index in [0.29, 0.717) is 0 Å². The third kappa shape index (κ3) is 5.98. The first kappa shape index (κ1) is 21.2. The number of carbonyl (C=O) groups is 2. The third-order valence-corrected chi connectivity index (χ3v) is 5.45. The molecule has 158 valence electrons. The summed E-state index contributed by atoms with van der Waals surface area (Å²) >= 11 is 0. The van der Waals surface area contributed by atoms with Crippen LogP contribution in [0.5, 0.6) is 0 Å². The number of hydrogen-bond acceptors (Lipinski definition) is 7. The minimum atomic E-state index is -0.465. The van der Waals surface area contributed by atoms with Gasteiger partial charge in [-0.05, 0) is 25.2 Å². The van der Waals surface area contributed by atoms with E-state index in [1.165, 1.54) is 12.1 Å². The number of nitrogens with one attached hydrogen (secondary N) is 2. The van der Waals surface area contributed by atoms with Crippen LogP contribution in [-0.2, 0) is 0 Å². The van der Waals surface area contributed by atoms with Gasteiger partial charge in [0.2, 0.25) is 0 Å². The zero-order chi connectivity index (χ0) is 20.6. The van der Waals surface area contributed by atoms with Gasteiger partial charge in [-0.25, -0.2) is 10.9 Å². The predicted octanol–water partition coefficient (Wildman–Crippen LogP) is 1.68. The Labute approximate surface area is 171 Å². The van der Waals surface area contributed by atoms with Gasteiger partial charge >= 0.3 is 11.8 Å². The molecule has 9 nitrogen and oxygen atoms in total. The van der Waals surface area contributed by atoms with Gasteiger partial charge in [0, 0.05) is 63.3 Å². The quantitative estimate of drug-likeness (QED) is 0.705. The van der Waals surface area contributed by atoms with Crippen LogP contribution in [0.15, 0.2) is 26.8 Å². The van der Waals surface area contributed by atoms with Crippen LogP contribution >= 0.6 is 0 Å². The van der Waals surface area contributed by atoms with E-state index >= 15 is 0 Å². The van der Waals surface area contributed by atoms with Crippen molar-refractivity contribution in [3.63, 3.8) is 0 Å². The summed E-state index contributed by atoms with van der Waals surface area (Å²) in [5.41, 5.74) is 6.98. The molecule has 1 aromatic heterocycles. The van der Waals surface area contributed by atoms with E-state index in [-0.39, 0.29) is 11.5 Å². The van der Waals surface area contributed by atoms with E-state index in [1.54, 1.807) is 0 Å². The highest BCUT2D eigenvalue weighted by Gasteiger charge is 2.18. The first-order chi connectivity index (χ1) is 14.1. The fraction of sp³-hybridized carbons (Fsp3) is 0.600. The predicted molar refractivity (Wildman–Crippen MR) is 111 cm³/mol. The fourth-order valence-corrected chi connectivity index (χ4v) is 3.43. The Kier molecular flexibility index (Phi) is 7.54. The van der Waals surface area contributed by atoms with E-state index in [2.05, 4.69) is 44.7 Å². The number of rotatable bonds is 6. The summed E-state index contributed by atoms with van der Waals surface area (Å²) < 4.78 is 5.38. The number of carbonyl (C=O) groups excluding carboxylic acids is 2. The first-order valence-corrected chi connectivity index (χ1v) is 10.3. The van der Waals surface area contributed by atoms with Crippen LogP contribution in [0.1, 0.15) is 60.6 Å². The van der Waals surface area contributed by atoms with Crippen LogP contribution in [0, 0.1) is 0 Å². The van der Waals surface area contributed by atoms with Gasteiger partial charge < -0.3 is 14.2 Å². The lowest BCUT2D eigenvalue weighted by atomic mass is 10.1. The summed E-state index contributed by atoms with van der Waals surface area (Å²) in [6.07, 6.45) is 3.37. The molecule has 0 spiro atoms. The second kappa shape index (κ2) is 10.3. The Morgan fingerprint density at radius 3 is 1.55 bits per heavy atom. The molecule has 0 unspecified atom stereocenters. The standard InChI is InChI=1S/C20H30N6O3/c1-3-25-11-7-15(8-12-25)21-23-19(27)17-5-6-18(29-17)20(28)24-22-16-9-13-26(4-2)14-10-16/h5-6H,3-4,7-14H2,1-2H3,(H,23,27)(H,24,28). The lowest BCUT2D eigenvalue weighted by Crippen LogP contribution is -2.34. The maximum absolute atomic E-state index is 12.2. The number of hydrogen-bond donors (Lipinski definition) is 2. The van der Waals surface area contributed by atoms with Gasteiger partial charge in [0.25, 0.3) is 0 Å². The lowest BCUT2D eigenvalue weighted by molar-refractivity contribution is 0.0901. The van der Waals surface area contributed by atoms with E-state index in [9.17, 15) is 9.59 Å². The molecule has 2 aliphatic rings. The van der Waals surface area contributed by atoms with Crippen molar-refractivity contribution in [3.8, 4) is 0 Å². The smallest absolute Gasteiger partial charge is 0.307 e. The molecule has 9 heteroatoms. The van der Waals surface area contributed by atoms with Gasteiger partial charge in [-0.15, -0.1) is 0 Å². The molecule has 2 amide bonds. The van der Waals surface area contributed by atoms with Crippen molar-refractivity contribution in [1.29, 1.82) is 0 Å². The van der Waals surface area contributed by atoms with Crippen molar-refractivity contribution >= 4 is 23.2 Å².